The highest BCUT2D eigenvalue weighted by molar-refractivity contribution is 5.85. The quantitative estimate of drug-likeness (QED) is 0.909. The highest BCUT2D eigenvalue weighted by Gasteiger charge is 2.32. The van der Waals surface area contributed by atoms with Crippen LogP contribution in [0.2, 0.25) is 0 Å². The molecule has 1 saturated carbocycles. The van der Waals surface area contributed by atoms with E-state index < -0.39 is 0 Å². The Labute approximate surface area is 124 Å². The fourth-order valence-corrected chi connectivity index (χ4v) is 3.36. The number of hydrogen-bond donors (Lipinski definition) is 2. The third-order valence-corrected chi connectivity index (χ3v) is 4.62. The summed E-state index contributed by atoms with van der Waals surface area (Å²) in [5.41, 5.74) is 8.03. The van der Waals surface area contributed by atoms with Crippen molar-refractivity contribution in [3.8, 4) is 0 Å². The number of fused-ring (bicyclic) bond motifs is 1. The summed E-state index contributed by atoms with van der Waals surface area (Å²) in [4.78, 5) is 12.9. The molecule has 1 aromatic carbocycles. The molecule has 1 atom stereocenters. The van der Waals surface area contributed by atoms with E-state index in [-0.39, 0.29) is 24.2 Å². The summed E-state index contributed by atoms with van der Waals surface area (Å²) >= 11 is 0. The van der Waals surface area contributed by atoms with E-state index >= 15 is 0 Å². The summed E-state index contributed by atoms with van der Waals surface area (Å²) in [7, 11) is 0. The second kappa shape index (κ2) is 5.28. The molecule has 0 spiro atoms. The van der Waals surface area contributed by atoms with Gasteiger partial charge in [-0.05, 0) is 49.6 Å². The van der Waals surface area contributed by atoms with Gasteiger partial charge in [0.1, 0.15) is 0 Å². The van der Waals surface area contributed by atoms with Gasteiger partial charge in [0, 0.05) is 24.4 Å². The first-order valence-electron chi connectivity index (χ1n) is 7.54. The van der Waals surface area contributed by atoms with Gasteiger partial charge < -0.3 is 15.4 Å². The topological polar surface area (TPSA) is 68.2 Å². The van der Waals surface area contributed by atoms with Crippen LogP contribution in [0, 0.1) is 12.8 Å². The van der Waals surface area contributed by atoms with E-state index in [2.05, 4.69) is 0 Å². The SMILES string of the molecule is Cc1cccc2cc(C(C)N)n(C3CC(CO)C3)c(=O)c12. The molecule has 1 aromatic heterocycles. The first-order valence-corrected chi connectivity index (χ1v) is 7.54. The molecule has 1 heterocycles. The van der Waals surface area contributed by atoms with Crippen LogP contribution in [-0.4, -0.2) is 16.3 Å². The molecule has 1 fully saturated rings. The molecule has 4 nitrogen and oxygen atoms in total. The Morgan fingerprint density at radius 1 is 1.43 bits per heavy atom. The van der Waals surface area contributed by atoms with Crippen molar-refractivity contribution in [2.24, 2.45) is 11.7 Å². The lowest BCUT2D eigenvalue weighted by Gasteiger charge is -2.37. The highest BCUT2D eigenvalue weighted by atomic mass is 16.3. The summed E-state index contributed by atoms with van der Waals surface area (Å²) in [6.45, 7) is 4.08. The van der Waals surface area contributed by atoms with Crippen LogP contribution in [0.25, 0.3) is 10.8 Å². The number of aliphatic hydroxyl groups is 1. The zero-order valence-corrected chi connectivity index (χ0v) is 12.5. The van der Waals surface area contributed by atoms with Gasteiger partial charge >= 0.3 is 0 Å². The standard InChI is InChI=1S/C17H22N2O2/c1-10-4-3-5-13-8-15(11(2)18)19(17(21)16(10)13)14-6-12(7-14)9-20/h3-5,8,11-12,14,20H,6-7,9,18H2,1-2H3. The fraction of sp³-hybridized carbons (Fsp3) is 0.471. The number of rotatable bonds is 3. The van der Waals surface area contributed by atoms with Crippen LogP contribution in [0.5, 0.6) is 0 Å². The minimum absolute atomic E-state index is 0.0549. The average Bonchev–Trinajstić information content (AvgIpc) is 2.39. The lowest BCUT2D eigenvalue weighted by molar-refractivity contribution is 0.108. The van der Waals surface area contributed by atoms with E-state index in [1.54, 1.807) is 0 Å². The minimum Gasteiger partial charge on any atom is -0.396 e. The predicted octanol–water partition coefficient (Wildman–Crippen LogP) is 2.27. The second-order valence-corrected chi connectivity index (χ2v) is 6.25. The molecule has 1 aliphatic rings. The normalized spacial score (nSPS) is 23.0. The molecule has 0 radical (unpaired) electrons. The van der Waals surface area contributed by atoms with Gasteiger partial charge in [-0.25, -0.2) is 0 Å². The Bertz CT molecular complexity index is 727. The van der Waals surface area contributed by atoms with Crippen molar-refractivity contribution >= 4 is 10.8 Å². The van der Waals surface area contributed by atoms with Crippen LogP contribution in [0.15, 0.2) is 29.1 Å². The van der Waals surface area contributed by atoms with E-state index in [0.717, 1.165) is 34.9 Å². The van der Waals surface area contributed by atoms with Crippen LogP contribution in [0.1, 0.15) is 43.1 Å². The maximum Gasteiger partial charge on any atom is 0.259 e. The van der Waals surface area contributed by atoms with Gasteiger partial charge in [0.15, 0.2) is 0 Å². The molecule has 2 aromatic rings. The van der Waals surface area contributed by atoms with Gasteiger partial charge in [-0.15, -0.1) is 0 Å². The highest BCUT2D eigenvalue weighted by Crippen LogP contribution is 2.38. The average molecular weight is 286 g/mol. The molecule has 0 amide bonds. The van der Waals surface area contributed by atoms with Gasteiger partial charge in [-0.3, -0.25) is 4.79 Å². The van der Waals surface area contributed by atoms with E-state index in [4.69, 9.17) is 5.73 Å². The van der Waals surface area contributed by atoms with Crippen molar-refractivity contribution in [3.63, 3.8) is 0 Å². The van der Waals surface area contributed by atoms with E-state index in [0.29, 0.717) is 5.92 Å². The monoisotopic (exact) mass is 286 g/mol. The third kappa shape index (κ3) is 2.28. The Morgan fingerprint density at radius 3 is 2.76 bits per heavy atom. The lowest BCUT2D eigenvalue weighted by Crippen LogP contribution is -2.38. The second-order valence-electron chi connectivity index (χ2n) is 6.25. The van der Waals surface area contributed by atoms with Gasteiger partial charge in [-0.1, -0.05) is 18.2 Å². The zero-order valence-electron chi connectivity index (χ0n) is 12.5. The number of benzene rings is 1. The van der Waals surface area contributed by atoms with Crippen molar-refractivity contribution in [3.05, 3.63) is 45.9 Å². The Hall–Kier alpha value is -1.65. The molecule has 0 saturated heterocycles. The van der Waals surface area contributed by atoms with Gasteiger partial charge in [0.05, 0.1) is 5.39 Å². The molecule has 3 N–H and O–H groups in total. The molecule has 1 unspecified atom stereocenters. The van der Waals surface area contributed by atoms with Crippen molar-refractivity contribution in [2.45, 2.75) is 38.8 Å². The largest absolute Gasteiger partial charge is 0.396 e. The summed E-state index contributed by atoms with van der Waals surface area (Å²) in [6, 6.07) is 7.93. The summed E-state index contributed by atoms with van der Waals surface area (Å²) in [5, 5.41) is 10.9. The van der Waals surface area contributed by atoms with Crippen molar-refractivity contribution < 1.29 is 5.11 Å². The van der Waals surface area contributed by atoms with Crippen LogP contribution in [0.3, 0.4) is 0 Å². The van der Waals surface area contributed by atoms with Crippen LogP contribution < -0.4 is 11.3 Å². The van der Waals surface area contributed by atoms with Crippen molar-refractivity contribution in [1.82, 2.24) is 4.57 Å². The number of hydrogen-bond acceptors (Lipinski definition) is 3. The molecule has 112 valence electrons. The Kier molecular flexibility index (Phi) is 3.59. The van der Waals surface area contributed by atoms with E-state index in [1.807, 2.05) is 42.7 Å². The molecule has 1 aliphatic carbocycles. The van der Waals surface area contributed by atoms with Crippen LogP contribution >= 0.6 is 0 Å². The maximum absolute atomic E-state index is 12.9. The van der Waals surface area contributed by atoms with Crippen molar-refractivity contribution in [2.75, 3.05) is 6.61 Å². The molecular weight excluding hydrogens is 264 g/mol. The lowest BCUT2D eigenvalue weighted by atomic mass is 9.80. The predicted molar refractivity (Wildman–Crippen MR) is 84.4 cm³/mol. The Balaban J connectivity index is 2.21. The Morgan fingerprint density at radius 2 is 2.14 bits per heavy atom. The first-order chi connectivity index (χ1) is 10.0. The summed E-state index contributed by atoms with van der Waals surface area (Å²) in [5.74, 6) is 0.315. The fourth-order valence-electron chi connectivity index (χ4n) is 3.36. The zero-order chi connectivity index (χ0) is 15.1. The molecule has 4 heteroatoms. The van der Waals surface area contributed by atoms with E-state index in [9.17, 15) is 9.90 Å². The molecule has 0 bridgehead atoms. The molecule has 3 rings (SSSR count). The van der Waals surface area contributed by atoms with E-state index in [1.165, 1.54) is 0 Å². The number of nitrogens with two attached hydrogens (primary N) is 1. The van der Waals surface area contributed by atoms with Crippen LogP contribution in [-0.2, 0) is 0 Å². The van der Waals surface area contributed by atoms with Crippen LogP contribution in [0.4, 0.5) is 0 Å². The molecule has 21 heavy (non-hydrogen) atoms. The number of pyridine rings is 1. The number of aromatic nitrogens is 1. The first kappa shape index (κ1) is 14.3. The smallest absolute Gasteiger partial charge is 0.259 e. The summed E-state index contributed by atoms with van der Waals surface area (Å²) < 4.78 is 1.87. The minimum atomic E-state index is -0.184. The number of aliphatic hydroxyl groups excluding tert-OH is 1. The number of aryl methyl sites for hydroxylation is 1. The maximum atomic E-state index is 12.9. The van der Waals surface area contributed by atoms with Gasteiger partial charge in [0.25, 0.3) is 5.56 Å². The molecular formula is C17H22N2O2. The van der Waals surface area contributed by atoms with Gasteiger partial charge in [-0.2, -0.15) is 0 Å². The molecule has 0 aliphatic heterocycles. The summed E-state index contributed by atoms with van der Waals surface area (Å²) in [6.07, 6.45) is 1.71. The van der Waals surface area contributed by atoms with Crippen molar-refractivity contribution in [1.29, 1.82) is 0 Å². The third-order valence-electron chi connectivity index (χ3n) is 4.62. The van der Waals surface area contributed by atoms with Gasteiger partial charge in [0.2, 0.25) is 0 Å². The number of nitrogens with zero attached hydrogens (tertiary/aromatic N) is 1.